The Morgan fingerprint density at radius 3 is 2.26 bits per heavy atom. The molecule has 2 amide bonds. The lowest BCUT2D eigenvalue weighted by Gasteiger charge is -2.15. The number of carbonyl (C=O) groups is 2. The van der Waals surface area contributed by atoms with Crippen LogP contribution in [0, 0.1) is 0 Å². The van der Waals surface area contributed by atoms with Crippen molar-refractivity contribution >= 4 is 40.7 Å². The molecule has 3 rings (SSSR count). The second-order valence-electron chi connectivity index (χ2n) is 6.76. The van der Waals surface area contributed by atoms with Crippen LogP contribution < -0.4 is 5.32 Å². The quantitative estimate of drug-likeness (QED) is 0.756. The van der Waals surface area contributed by atoms with Crippen molar-refractivity contribution in [2.24, 2.45) is 0 Å². The minimum Gasteiger partial charge on any atom is -0.343 e. The minimum atomic E-state index is -0.120. The smallest absolute Gasteiger partial charge is 0.228 e. The van der Waals surface area contributed by atoms with E-state index in [2.05, 4.69) is 5.32 Å². The highest BCUT2D eigenvalue weighted by atomic mass is 35.5. The molecule has 4 nitrogen and oxygen atoms in total. The third-order valence-electron chi connectivity index (χ3n) is 4.67. The number of carbonyl (C=O) groups excluding carboxylic acids is 2. The molecule has 0 bridgehead atoms. The Kier molecular flexibility index (Phi) is 6.75. The number of aryl methyl sites for hydroxylation is 1. The lowest BCUT2D eigenvalue weighted by atomic mass is 10.1. The molecule has 1 aliphatic heterocycles. The molecule has 0 unspecified atom stereocenters. The Morgan fingerprint density at radius 1 is 0.926 bits per heavy atom. The fourth-order valence-corrected chi connectivity index (χ4v) is 3.49. The average molecular weight is 405 g/mol. The largest absolute Gasteiger partial charge is 0.343 e. The van der Waals surface area contributed by atoms with Crippen molar-refractivity contribution in [3.05, 3.63) is 63.6 Å². The van der Waals surface area contributed by atoms with Crippen molar-refractivity contribution in [3.63, 3.8) is 0 Å². The van der Waals surface area contributed by atoms with Gasteiger partial charge in [0.25, 0.3) is 0 Å². The summed E-state index contributed by atoms with van der Waals surface area (Å²) in [7, 11) is 0. The summed E-state index contributed by atoms with van der Waals surface area (Å²) in [6.45, 7) is 1.78. The number of likely N-dealkylation sites (tertiary alicyclic amines) is 1. The second-order valence-corrected chi connectivity index (χ2v) is 7.57. The molecule has 2 aromatic rings. The summed E-state index contributed by atoms with van der Waals surface area (Å²) in [4.78, 5) is 26.2. The molecule has 1 heterocycles. The molecule has 0 aliphatic carbocycles. The van der Waals surface area contributed by atoms with E-state index in [1.807, 2.05) is 29.2 Å². The van der Waals surface area contributed by atoms with E-state index in [0.717, 1.165) is 42.7 Å². The molecule has 0 atom stereocenters. The number of rotatable bonds is 6. The van der Waals surface area contributed by atoms with E-state index in [-0.39, 0.29) is 18.2 Å². The molecule has 1 aliphatic rings. The number of nitrogens with one attached hydrogen (secondary N) is 1. The highest BCUT2D eigenvalue weighted by Crippen LogP contribution is 2.23. The maximum absolute atomic E-state index is 12.2. The van der Waals surface area contributed by atoms with Gasteiger partial charge in [-0.05, 0) is 54.7 Å². The maximum atomic E-state index is 12.2. The minimum absolute atomic E-state index is 0.120. The van der Waals surface area contributed by atoms with Crippen LogP contribution in [0.15, 0.2) is 42.5 Å². The van der Waals surface area contributed by atoms with Crippen molar-refractivity contribution in [2.75, 3.05) is 18.4 Å². The number of benzene rings is 2. The van der Waals surface area contributed by atoms with E-state index in [1.165, 1.54) is 0 Å². The molecule has 1 N–H and O–H groups in total. The normalized spacial score (nSPS) is 13.6. The summed E-state index contributed by atoms with van der Waals surface area (Å²) in [5.41, 5.74) is 2.62. The number of hydrogen-bond acceptors (Lipinski definition) is 2. The SMILES string of the molecule is O=C(Cc1ccc(Cl)c(Cl)c1)Nc1ccc(CCC(=O)N2CCCC2)cc1. The van der Waals surface area contributed by atoms with Crippen molar-refractivity contribution in [3.8, 4) is 0 Å². The fourth-order valence-electron chi connectivity index (χ4n) is 3.17. The van der Waals surface area contributed by atoms with Crippen LogP contribution in [0.25, 0.3) is 0 Å². The lowest BCUT2D eigenvalue weighted by Crippen LogP contribution is -2.27. The van der Waals surface area contributed by atoms with Gasteiger partial charge in [0, 0.05) is 25.2 Å². The van der Waals surface area contributed by atoms with Gasteiger partial charge in [0.1, 0.15) is 0 Å². The first kappa shape index (κ1) is 19.7. The van der Waals surface area contributed by atoms with Crippen LogP contribution in [0.5, 0.6) is 0 Å². The third-order valence-corrected chi connectivity index (χ3v) is 5.41. The Bertz CT molecular complexity index is 815. The molecular formula is C21H22Cl2N2O2. The van der Waals surface area contributed by atoms with Crippen LogP contribution in [0.4, 0.5) is 5.69 Å². The summed E-state index contributed by atoms with van der Waals surface area (Å²) >= 11 is 11.9. The predicted molar refractivity (Wildman–Crippen MR) is 109 cm³/mol. The zero-order chi connectivity index (χ0) is 19.2. The molecule has 0 aromatic heterocycles. The number of nitrogens with zero attached hydrogens (tertiary/aromatic N) is 1. The molecular weight excluding hydrogens is 383 g/mol. The number of anilines is 1. The van der Waals surface area contributed by atoms with Gasteiger partial charge in [-0.3, -0.25) is 9.59 Å². The molecule has 0 spiro atoms. The van der Waals surface area contributed by atoms with Gasteiger partial charge in [-0.25, -0.2) is 0 Å². The highest BCUT2D eigenvalue weighted by molar-refractivity contribution is 6.42. The van der Waals surface area contributed by atoms with Gasteiger partial charge in [0.05, 0.1) is 16.5 Å². The van der Waals surface area contributed by atoms with Crippen LogP contribution in [0.2, 0.25) is 10.0 Å². The molecule has 1 saturated heterocycles. The third kappa shape index (κ3) is 5.72. The number of halogens is 2. The predicted octanol–water partition coefficient (Wildman–Crippen LogP) is 4.73. The standard InChI is InChI=1S/C21H22Cl2N2O2/c22-18-9-5-16(13-19(18)23)14-20(26)24-17-7-3-15(4-8-17)6-10-21(27)25-11-1-2-12-25/h3-5,7-9,13H,1-2,6,10-12,14H2,(H,24,26). The van der Waals surface area contributed by atoms with Crippen LogP contribution in [0.1, 0.15) is 30.4 Å². The molecule has 0 radical (unpaired) electrons. The van der Waals surface area contributed by atoms with Crippen molar-refractivity contribution in [1.29, 1.82) is 0 Å². The summed E-state index contributed by atoms with van der Waals surface area (Å²) in [6.07, 6.45) is 3.70. The fraction of sp³-hybridized carbons (Fsp3) is 0.333. The Labute approximate surface area is 169 Å². The molecule has 6 heteroatoms. The van der Waals surface area contributed by atoms with Gasteiger partial charge in [-0.2, -0.15) is 0 Å². The summed E-state index contributed by atoms with van der Waals surface area (Å²) in [6, 6.07) is 12.8. The maximum Gasteiger partial charge on any atom is 0.228 e. The Morgan fingerprint density at radius 2 is 1.59 bits per heavy atom. The van der Waals surface area contributed by atoms with E-state index in [0.29, 0.717) is 22.9 Å². The van der Waals surface area contributed by atoms with Gasteiger partial charge in [0.2, 0.25) is 11.8 Å². The molecule has 27 heavy (non-hydrogen) atoms. The van der Waals surface area contributed by atoms with Gasteiger partial charge in [-0.15, -0.1) is 0 Å². The first-order chi connectivity index (χ1) is 13.0. The van der Waals surface area contributed by atoms with Crippen LogP contribution in [-0.4, -0.2) is 29.8 Å². The highest BCUT2D eigenvalue weighted by Gasteiger charge is 2.17. The van der Waals surface area contributed by atoms with Crippen LogP contribution in [-0.2, 0) is 22.4 Å². The van der Waals surface area contributed by atoms with Gasteiger partial charge in [-0.1, -0.05) is 41.4 Å². The Balaban J connectivity index is 1.48. The zero-order valence-corrected chi connectivity index (χ0v) is 16.5. The van der Waals surface area contributed by atoms with Gasteiger partial charge < -0.3 is 10.2 Å². The van der Waals surface area contributed by atoms with Crippen molar-refractivity contribution in [2.45, 2.75) is 32.1 Å². The Hall–Kier alpha value is -2.04. The van der Waals surface area contributed by atoms with E-state index in [1.54, 1.807) is 18.2 Å². The summed E-state index contributed by atoms with van der Waals surface area (Å²) < 4.78 is 0. The monoisotopic (exact) mass is 404 g/mol. The number of amides is 2. The molecule has 0 saturated carbocycles. The first-order valence-corrected chi connectivity index (χ1v) is 9.87. The lowest BCUT2D eigenvalue weighted by molar-refractivity contribution is -0.130. The van der Waals surface area contributed by atoms with Crippen molar-refractivity contribution < 1.29 is 9.59 Å². The van der Waals surface area contributed by atoms with Crippen LogP contribution >= 0.6 is 23.2 Å². The molecule has 2 aromatic carbocycles. The van der Waals surface area contributed by atoms with Crippen LogP contribution in [0.3, 0.4) is 0 Å². The van der Waals surface area contributed by atoms with E-state index in [4.69, 9.17) is 23.2 Å². The topological polar surface area (TPSA) is 49.4 Å². The van der Waals surface area contributed by atoms with E-state index < -0.39 is 0 Å². The number of hydrogen-bond donors (Lipinski definition) is 1. The molecule has 142 valence electrons. The average Bonchev–Trinajstić information content (AvgIpc) is 3.19. The van der Waals surface area contributed by atoms with Gasteiger partial charge in [0.15, 0.2) is 0 Å². The van der Waals surface area contributed by atoms with Crippen molar-refractivity contribution in [1.82, 2.24) is 4.90 Å². The van der Waals surface area contributed by atoms with Gasteiger partial charge >= 0.3 is 0 Å². The van der Waals surface area contributed by atoms with E-state index in [9.17, 15) is 9.59 Å². The summed E-state index contributed by atoms with van der Waals surface area (Å²) in [5, 5.41) is 3.78. The second kappa shape index (κ2) is 9.25. The molecule has 1 fully saturated rings. The van der Waals surface area contributed by atoms with E-state index >= 15 is 0 Å². The zero-order valence-electron chi connectivity index (χ0n) is 15.0. The summed E-state index contributed by atoms with van der Waals surface area (Å²) in [5.74, 6) is 0.108. The first-order valence-electron chi connectivity index (χ1n) is 9.12.